The molecule has 1 saturated heterocycles. The molecule has 2 fully saturated rings. The fraction of sp³-hybridized carbons (Fsp3) is 0.750. The average molecular weight is 323 g/mol. The van der Waals surface area contributed by atoms with Crippen LogP contribution < -0.4 is 5.32 Å². The normalized spacial score (nSPS) is 21.1. The Hall–Kier alpha value is -1.17. The zero-order valence-electron chi connectivity index (χ0n) is 13.5. The third-order valence-electron chi connectivity index (χ3n) is 4.76. The minimum absolute atomic E-state index is 0.0127. The number of rotatable bonds is 2. The van der Waals surface area contributed by atoms with E-state index in [2.05, 4.69) is 22.1 Å². The van der Waals surface area contributed by atoms with Crippen molar-refractivity contribution in [2.75, 3.05) is 18.8 Å². The number of aromatic nitrogens is 1. The van der Waals surface area contributed by atoms with Gasteiger partial charge in [0.1, 0.15) is 5.76 Å². The third-order valence-corrected chi connectivity index (χ3v) is 6.30. The van der Waals surface area contributed by atoms with Gasteiger partial charge in [-0.3, -0.25) is 0 Å². The smallest absolute Gasteiger partial charge is 0.317 e. The Morgan fingerprint density at radius 1 is 1.36 bits per heavy atom. The molecule has 1 spiro atoms. The summed E-state index contributed by atoms with van der Waals surface area (Å²) in [6.07, 6.45) is 6.45. The first-order chi connectivity index (χ1) is 10.6. The van der Waals surface area contributed by atoms with Gasteiger partial charge in [-0.15, -0.1) is 0 Å². The molecule has 22 heavy (non-hydrogen) atoms. The molecule has 0 aromatic carbocycles. The number of hydrogen-bond acceptors (Lipinski definition) is 4. The Labute approximate surface area is 136 Å². The molecule has 0 bridgehead atoms. The number of hydrogen-bond donors (Lipinski definition) is 1. The standard InChI is InChI=1S/C16H25N3O2S/c1-12-13(2)21-14(18-12)10-17-15(20)19-8-9-22-16(11-19)6-4-3-5-7-16/h3-11H2,1-2H3,(H,17,20). The van der Waals surface area contributed by atoms with E-state index in [0.29, 0.717) is 17.2 Å². The number of nitrogens with one attached hydrogen (secondary N) is 1. The molecule has 1 aliphatic carbocycles. The predicted octanol–water partition coefficient (Wildman–Crippen LogP) is 3.25. The Bertz CT molecular complexity index is 512. The van der Waals surface area contributed by atoms with Crippen LogP contribution in [0.1, 0.15) is 49.4 Å². The maximum Gasteiger partial charge on any atom is 0.317 e. The summed E-state index contributed by atoms with van der Waals surface area (Å²) < 4.78 is 5.82. The van der Waals surface area contributed by atoms with Gasteiger partial charge >= 0.3 is 6.03 Å². The fourth-order valence-corrected chi connectivity index (χ4v) is 4.96. The number of amides is 2. The van der Waals surface area contributed by atoms with Crippen LogP contribution in [-0.2, 0) is 6.54 Å². The van der Waals surface area contributed by atoms with E-state index in [0.717, 1.165) is 30.3 Å². The first kappa shape index (κ1) is 15.7. The fourth-order valence-electron chi connectivity index (χ4n) is 3.39. The van der Waals surface area contributed by atoms with E-state index in [1.54, 1.807) is 0 Å². The Morgan fingerprint density at radius 3 is 2.82 bits per heavy atom. The van der Waals surface area contributed by atoms with Crippen LogP contribution in [0, 0.1) is 13.8 Å². The van der Waals surface area contributed by atoms with Crippen molar-refractivity contribution in [2.45, 2.75) is 57.2 Å². The minimum atomic E-state index is 0.0127. The average Bonchev–Trinajstić information content (AvgIpc) is 2.84. The van der Waals surface area contributed by atoms with Crippen LogP contribution in [0.15, 0.2) is 4.42 Å². The van der Waals surface area contributed by atoms with Gasteiger partial charge < -0.3 is 14.6 Å². The van der Waals surface area contributed by atoms with Crippen molar-refractivity contribution in [1.82, 2.24) is 15.2 Å². The molecule has 1 saturated carbocycles. The number of urea groups is 1. The van der Waals surface area contributed by atoms with Crippen LogP contribution in [0.2, 0.25) is 0 Å². The van der Waals surface area contributed by atoms with Gasteiger partial charge in [-0.1, -0.05) is 19.3 Å². The van der Waals surface area contributed by atoms with Crippen LogP contribution in [0.25, 0.3) is 0 Å². The maximum atomic E-state index is 12.4. The lowest BCUT2D eigenvalue weighted by molar-refractivity contribution is 0.183. The summed E-state index contributed by atoms with van der Waals surface area (Å²) >= 11 is 2.07. The van der Waals surface area contributed by atoms with E-state index in [-0.39, 0.29) is 6.03 Å². The number of carbonyl (C=O) groups excluding carboxylic acids is 1. The van der Waals surface area contributed by atoms with Crippen molar-refractivity contribution in [3.05, 3.63) is 17.3 Å². The number of carbonyl (C=O) groups is 1. The summed E-state index contributed by atoms with van der Waals surface area (Å²) in [7, 11) is 0. The van der Waals surface area contributed by atoms with Gasteiger partial charge in [0.15, 0.2) is 0 Å². The van der Waals surface area contributed by atoms with Crippen LogP contribution in [0.4, 0.5) is 4.79 Å². The molecule has 2 aliphatic rings. The second-order valence-corrected chi connectivity index (χ2v) is 7.98. The van der Waals surface area contributed by atoms with Crippen LogP contribution in [0.5, 0.6) is 0 Å². The lowest BCUT2D eigenvalue weighted by Gasteiger charge is -2.44. The summed E-state index contributed by atoms with van der Waals surface area (Å²) in [5.74, 6) is 2.45. The Morgan fingerprint density at radius 2 is 2.14 bits per heavy atom. The second-order valence-electron chi connectivity index (χ2n) is 6.42. The predicted molar refractivity (Wildman–Crippen MR) is 88.1 cm³/mol. The summed E-state index contributed by atoms with van der Waals surface area (Å²) in [4.78, 5) is 18.7. The maximum absolute atomic E-state index is 12.4. The molecular weight excluding hydrogens is 298 g/mol. The van der Waals surface area contributed by atoms with Crippen molar-refractivity contribution in [2.24, 2.45) is 0 Å². The molecule has 1 aromatic heterocycles. The summed E-state index contributed by atoms with van der Waals surface area (Å²) in [5, 5.41) is 2.95. The van der Waals surface area contributed by atoms with Crippen LogP contribution in [-0.4, -0.2) is 39.5 Å². The number of oxazole rings is 1. The summed E-state index contributed by atoms with van der Waals surface area (Å²) in [5.41, 5.74) is 0.889. The largest absolute Gasteiger partial charge is 0.444 e. The van der Waals surface area contributed by atoms with E-state index >= 15 is 0 Å². The van der Waals surface area contributed by atoms with Crippen LogP contribution in [0.3, 0.4) is 0 Å². The highest BCUT2D eigenvalue weighted by molar-refractivity contribution is 8.00. The van der Waals surface area contributed by atoms with Crippen molar-refractivity contribution in [3.8, 4) is 0 Å². The SMILES string of the molecule is Cc1nc(CNC(=O)N2CCSC3(CCCCC3)C2)oc1C. The third kappa shape index (κ3) is 3.42. The van der Waals surface area contributed by atoms with Gasteiger partial charge in [-0.25, -0.2) is 9.78 Å². The molecule has 0 unspecified atom stereocenters. The molecule has 1 aromatic rings. The molecule has 0 radical (unpaired) electrons. The van der Waals surface area contributed by atoms with E-state index < -0.39 is 0 Å². The molecule has 3 rings (SSSR count). The van der Waals surface area contributed by atoms with Gasteiger partial charge in [0.25, 0.3) is 0 Å². The Balaban J connectivity index is 1.55. The van der Waals surface area contributed by atoms with E-state index in [9.17, 15) is 4.79 Å². The van der Waals surface area contributed by atoms with Crippen molar-refractivity contribution >= 4 is 17.8 Å². The first-order valence-corrected chi connectivity index (χ1v) is 9.16. The molecule has 0 atom stereocenters. The molecule has 2 heterocycles. The Kier molecular flexibility index (Phi) is 4.66. The monoisotopic (exact) mass is 323 g/mol. The lowest BCUT2D eigenvalue weighted by atomic mass is 9.87. The number of nitrogens with zero attached hydrogens (tertiary/aromatic N) is 2. The topological polar surface area (TPSA) is 58.4 Å². The summed E-state index contributed by atoms with van der Waals surface area (Å²) in [6.45, 7) is 5.89. The van der Waals surface area contributed by atoms with E-state index in [4.69, 9.17) is 4.42 Å². The molecule has 1 aliphatic heterocycles. The highest BCUT2D eigenvalue weighted by Gasteiger charge is 2.38. The zero-order valence-corrected chi connectivity index (χ0v) is 14.3. The molecule has 2 amide bonds. The minimum Gasteiger partial charge on any atom is -0.444 e. The molecule has 122 valence electrons. The number of thioether (sulfide) groups is 1. The first-order valence-electron chi connectivity index (χ1n) is 8.18. The van der Waals surface area contributed by atoms with Gasteiger partial charge in [-0.05, 0) is 26.7 Å². The van der Waals surface area contributed by atoms with Gasteiger partial charge in [0.05, 0.1) is 12.2 Å². The van der Waals surface area contributed by atoms with Gasteiger partial charge in [-0.2, -0.15) is 11.8 Å². The van der Waals surface area contributed by atoms with Gasteiger partial charge in [0.2, 0.25) is 5.89 Å². The molecule has 1 N–H and O–H groups in total. The summed E-state index contributed by atoms with van der Waals surface area (Å²) in [6, 6.07) is 0.0127. The highest BCUT2D eigenvalue weighted by atomic mass is 32.2. The molecule has 6 heteroatoms. The van der Waals surface area contributed by atoms with Crippen molar-refractivity contribution < 1.29 is 9.21 Å². The highest BCUT2D eigenvalue weighted by Crippen LogP contribution is 2.42. The van der Waals surface area contributed by atoms with E-state index in [1.165, 1.54) is 32.1 Å². The lowest BCUT2D eigenvalue weighted by Crippen LogP contribution is -2.52. The van der Waals surface area contributed by atoms with Crippen LogP contribution >= 0.6 is 11.8 Å². The van der Waals surface area contributed by atoms with E-state index in [1.807, 2.05) is 18.7 Å². The second kappa shape index (κ2) is 6.52. The quantitative estimate of drug-likeness (QED) is 0.907. The zero-order chi connectivity index (χ0) is 15.6. The van der Waals surface area contributed by atoms with Crippen molar-refractivity contribution in [1.29, 1.82) is 0 Å². The molecular formula is C16H25N3O2S. The van der Waals surface area contributed by atoms with Gasteiger partial charge in [0, 0.05) is 23.6 Å². The number of aryl methyl sites for hydroxylation is 2. The molecule has 5 nitrogen and oxygen atoms in total. The van der Waals surface area contributed by atoms with Crippen molar-refractivity contribution in [3.63, 3.8) is 0 Å².